The lowest BCUT2D eigenvalue weighted by Crippen LogP contribution is -2.43. The molecule has 1 fully saturated rings. The second-order valence-corrected chi connectivity index (χ2v) is 6.52. The average molecular weight is 316 g/mol. The van der Waals surface area contributed by atoms with Gasteiger partial charge < -0.3 is 15.4 Å². The molecule has 1 amide bonds. The molecule has 0 aromatic heterocycles. The summed E-state index contributed by atoms with van der Waals surface area (Å²) in [5.74, 6) is -0.531. The summed E-state index contributed by atoms with van der Waals surface area (Å²) >= 11 is 0. The fraction of sp³-hybridized carbons (Fsp3) is 0.556. The maximum Gasteiger partial charge on any atom is 0.308 e. The number of rotatable bonds is 4. The molecule has 1 heterocycles. The Morgan fingerprint density at radius 2 is 1.74 bits per heavy atom. The van der Waals surface area contributed by atoms with E-state index in [1.54, 1.807) is 4.90 Å². The van der Waals surface area contributed by atoms with Gasteiger partial charge in [0.1, 0.15) is 6.10 Å². The zero-order valence-corrected chi connectivity index (χ0v) is 13.4. The topological polar surface area (TPSA) is 72.6 Å². The molecular weight excluding hydrogens is 292 g/mol. The number of benzene rings is 1. The molecule has 2 aliphatic rings. The van der Waals surface area contributed by atoms with Crippen LogP contribution >= 0.6 is 0 Å². The average Bonchev–Trinajstić information content (AvgIpc) is 2.98. The Bertz CT molecular complexity index is 556. The molecule has 0 bridgehead atoms. The predicted octanol–water partition coefficient (Wildman–Crippen LogP) is 2.12. The molecule has 1 atom stereocenters. The van der Waals surface area contributed by atoms with Crippen LogP contribution in [0.5, 0.6) is 0 Å². The smallest absolute Gasteiger partial charge is 0.308 e. The molecule has 1 aliphatic heterocycles. The van der Waals surface area contributed by atoms with Crippen LogP contribution in [0.2, 0.25) is 0 Å². The van der Waals surface area contributed by atoms with Crippen molar-refractivity contribution >= 4 is 11.9 Å². The predicted molar refractivity (Wildman–Crippen MR) is 86.3 cm³/mol. The van der Waals surface area contributed by atoms with Crippen molar-refractivity contribution in [3.63, 3.8) is 0 Å². The normalized spacial score (nSPS) is 19.3. The van der Waals surface area contributed by atoms with Gasteiger partial charge in [-0.25, -0.2) is 0 Å². The van der Waals surface area contributed by atoms with Gasteiger partial charge in [0.2, 0.25) is 5.91 Å². The van der Waals surface area contributed by atoms with Crippen molar-refractivity contribution in [1.82, 2.24) is 4.90 Å². The molecular formula is C18H24N2O3. The second kappa shape index (κ2) is 7.13. The number of nitrogens with zero attached hydrogens (tertiary/aromatic N) is 1. The third-order valence-electron chi connectivity index (χ3n) is 4.71. The van der Waals surface area contributed by atoms with Gasteiger partial charge in [0.25, 0.3) is 0 Å². The highest BCUT2D eigenvalue weighted by atomic mass is 16.5. The summed E-state index contributed by atoms with van der Waals surface area (Å²) in [4.78, 5) is 26.1. The molecule has 0 saturated heterocycles. The molecule has 0 spiro atoms. The van der Waals surface area contributed by atoms with E-state index in [1.807, 2.05) is 24.3 Å². The van der Waals surface area contributed by atoms with E-state index in [0.717, 1.165) is 36.8 Å². The molecule has 124 valence electrons. The molecule has 1 aromatic rings. The molecule has 5 heteroatoms. The van der Waals surface area contributed by atoms with Gasteiger partial charge in [-0.2, -0.15) is 0 Å². The van der Waals surface area contributed by atoms with E-state index in [0.29, 0.717) is 13.1 Å². The van der Waals surface area contributed by atoms with Crippen molar-refractivity contribution in [2.45, 2.75) is 63.8 Å². The Balaban J connectivity index is 1.49. The highest BCUT2D eigenvalue weighted by molar-refractivity contribution is 5.86. The lowest BCUT2D eigenvalue weighted by Gasteiger charge is -2.23. The number of esters is 1. The lowest BCUT2D eigenvalue weighted by molar-refractivity contribution is -0.153. The molecule has 2 N–H and O–H groups in total. The van der Waals surface area contributed by atoms with Crippen LogP contribution < -0.4 is 5.73 Å². The summed E-state index contributed by atoms with van der Waals surface area (Å²) in [6.07, 6.45) is 5.25. The standard InChI is InChI=1S/C18H24N2O3/c19-16(10-17(21)23-15-8-2-1-3-9-15)18(22)20-11-13-6-4-5-7-14(13)12-20/h4-7,15-16H,1-3,8-12,19H2. The number of fused-ring (bicyclic) bond motifs is 1. The molecule has 1 aromatic carbocycles. The van der Waals surface area contributed by atoms with E-state index in [2.05, 4.69) is 0 Å². The Kier molecular flexibility index (Phi) is 4.96. The van der Waals surface area contributed by atoms with Gasteiger partial charge >= 0.3 is 5.97 Å². The zero-order valence-electron chi connectivity index (χ0n) is 13.4. The summed E-state index contributed by atoms with van der Waals surface area (Å²) in [5.41, 5.74) is 8.25. The van der Waals surface area contributed by atoms with Crippen molar-refractivity contribution < 1.29 is 14.3 Å². The highest BCUT2D eigenvalue weighted by Crippen LogP contribution is 2.23. The Morgan fingerprint density at radius 3 is 2.35 bits per heavy atom. The second-order valence-electron chi connectivity index (χ2n) is 6.52. The van der Waals surface area contributed by atoms with Crippen molar-refractivity contribution in [3.8, 4) is 0 Å². The molecule has 23 heavy (non-hydrogen) atoms. The van der Waals surface area contributed by atoms with Gasteiger partial charge in [0.15, 0.2) is 0 Å². The summed E-state index contributed by atoms with van der Waals surface area (Å²) in [7, 11) is 0. The number of hydrogen-bond donors (Lipinski definition) is 1. The third kappa shape index (κ3) is 3.91. The van der Waals surface area contributed by atoms with E-state index >= 15 is 0 Å². The van der Waals surface area contributed by atoms with E-state index in [9.17, 15) is 9.59 Å². The maximum atomic E-state index is 12.4. The minimum atomic E-state index is -0.819. The third-order valence-corrected chi connectivity index (χ3v) is 4.71. The minimum Gasteiger partial charge on any atom is -0.462 e. The molecule has 1 saturated carbocycles. The number of amides is 1. The van der Waals surface area contributed by atoms with Crippen LogP contribution in [0.25, 0.3) is 0 Å². The van der Waals surface area contributed by atoms with Gasteiger partial charge in [0.05, 0.1) is 12.5 Å². The lowest BCUT2D eigenvalue weighted by atomic mass is 9.98. The van der Waals surface area contributed by atoms with Gasteiger partial charge in [-0.3, -0.25) is 9.59 Å². The van der Waals surface area contributed by atoms with Crippen molar-refractivity contribution in [2.75, 3.05) is 0 Å². The number of hydrogen-bond acceptors (Lipinski definition) is 4. The van der Waals surface area contributed by atoms with Crippen LogP contribution in [0.4, 0.5) is 0 Å². The van der Waals surface area contributed by atoms with Crippen LogP contribution in [-0.4, -0.2) is 28.9 Å². The molecule has 3 rings (SSSR count). The van der Waals surface area contributed by atoms with Crippen molar-refractivity contribution in [3.05, 3.63) is 35.4 Å². The number of nitrogens with two attached hydrogens (primary N) is 1. The Labute approximate surface area is 136 Å². The fourth-order valence-electron chi connectivity index (χ4n) is 3.41. The fourth-order valence-corrected chi connectivity index (χ4v) is 3.41. The first-order valence-corrected chi connectivity index (χ1v) is 8.44. The largest absolute Gasteiger partial charge is 0.462 e. The molecule has 1 unspecified atom stereocenters. The molecule has 1 aliphatic carbocycles. The van der Waals surface area contributed by atoms with Crippen LogP contribution in [0.15, 0.2) is 24.3 Å². The number of carbonyl (C=O) groups excluding carboxylic acids is 2. The first-order valence-electron chi connectivity index (χ1n) is 8.44. The Morgan fingerprint density at radius 1 is 1.13 bits per heavy atom. The van der Waals surface area contributed by atoms with Gasteiger partial charge in [-0.1, -0.05) is 30.7 Å². The summed E-state index contributed by atoms with van der Waals surface area (Å²) in [6.45, 7) is 1.14. The van der Waals surface area contributed by atoms with Crippen molar-refractivity contribution in [2.24, 2.45) is 5.73 Å². The first kappa shape index (κ1) is 16.0. The number of carbonyl (C=O) groups is 2. The quantitative estimate of drug-likeness (QED) is 0.864. The maximum absolute atomic E-state index is 12.4. The summed E-state index contributed by atoms with van der Waals surface area (Å²) < 4.78 is 5.45. The minimum absolute atomic E-state index is 0.00888. The van der Waals surface area contributed by atoms with Crippen LogP contribution in [0.1, 0.15) is 49.7 Å². The van der Waals surface area contributed by atoms with Crippen molar-refractivity contribution in [1.29, 1.82) is 0 Å². The summed E-state index contributed by atoms with van der Waals surface area (Å²) in [5, 5.41) is 0. The number of ether oxygens (including phenoxy) is 1. The van der Waals surface area contributed by atoms with E-state index in [1.165, 1.54) is 6.42 Å². The van der Waals surface area contributed by atoms with Gasteiger partial charge in [0, 0.05) is 13.1 Å². The monoisotopic (exact) mass is 316 g/mol. The van der Waals surface area contributed by atoms with E-state index in [-0.39, 0.29) is 24.4 Å². The SMILES string of the molecule is NC(CC(=O)OC1CCCCC1)C(=O)N1Cc2ccccc2C1. The van der Waals surface area contributed by atoms with E-state index in [4.69, 9.17) is 10.5 Å². The first-order chi connectivity index (χ1) is 11.1. The molecule has 5 nitrogen and oxygen atoms in total. The van der Waals surface area contributed by atoms with Crippen LogP contribution in [0, 0.1) is 0 Å². The summed E-state index contributed by atoms with van der Waals surface area (Å²) in [6, 6.07) is 7.15. The Hall–Kier alpha value is -1.88. The van der Waals surface area contributed by atoms with E-state index < -0.39 is 6.04 Å². The van der Waals surface area contributed by atoms with Crippen LogP contribution in [-0.2, 0) is 27.4 Å². The highest BCUT2D eigenvalue weighted by Gasteiger charge is 2.29. The van der Waals surface area contributed by atoms with Gasteiger partial charge in [-0.05, 0) is 36.8 Å². The van der Waals surface area contributed by atoms with Crippen LogP contribution in [0.3, 0.4) is 0 Å². The van der Waals surface area contributed by atoms with Gasteiger partial charge in [-0.15, -0.1) is 0 Å². The molecule has 0 radical (unpaired) electrons. The zero-order chi connectivity index (χ0) is 16.2.